The van der Waals surface area contributed by atoms with Gasteiger partial charge in [-0.3, -0.25) is 4.90 Å². The van der Waals surface area contributed by atoms with E-state index in [2.05, 4.69) is 67.3 Å². The Morgan fingerprint density at radius 3 is 1.70 bits per heavy atom. The largest absolute Gasteiger partial charge is 0.377 e. The minimum atomic E-state index is -0.307. The SMILES string of the molecule is COC(C)(C)C(CN)N(Cc1ccccc1)Cc1ccccc1. The van der Waals surface area contributed by atoms with Gasteiger partial charge in [-0.25, -0.2) is 0 Å². The summed E-state index contributed by atoms with van der Waals surface area (Å²) in [6, 6.07) is 21.2. The molecule has 0 aliphatic carbocycles. The molecule has 0 spiro atoms. The van der Waals surface area contributed by atoms with Gasteiger partial charge in [-0.05, 0) is 25.0 Å². The number of nitrogens with zero attached hydrogens (tertiary/aromatic N) is 1. The third-order valence-corrected chi connectivity index (χ3v) is 4.45. The second-order valence-electron chi connectivity index (χ2n) is 6.44. The highest BCUT2D eigenvalue weighted by molar-refractivity contribution is 5.17. The Bertz CT molecular complexity index is 527. The lowest BCUT2D eigenvalue weighted by Crippen LogP contribution is -2.53. The van der Waals surface area contributed by atoms with Gasteiger partial charge in [0.05, 0.1) is 11.6 Å². The Hall–Kier alpha value is -1.68. The van der Waals surface area contributed by atoms with Crippen molar-refractivity contribution in [3.05, 3.63) is 71.8 Å². The van der Waals surface area contributed by atoms with Crippen LogP contribution in [0.15, 0.2) is 60.7 Å². The zero-order valence-electron chi connectivity index (χ0n) is 14.4. The van der Waals surface area contributed by atoms with Gasteiger partial charge in [-0.1, -0.05) is 60.7 Å². The van der Waals surface area contributed by atoms with Crippen molar-refractivity contribution in [3.63, 3.8) is 0 Å². The van der Waals surface area contributed by atoms with Crippen molar-refractivity contribution in [1.82, 2.24) is 4.90 Å². The van der Waals surface area contributed by atoms with E-state index in [1.807, 2.05) is 12.1 Å². The molecule has 0 saturated carbocycles. The maximum Gasteiger partial charge on any atom is 0.0789 e. The standard InChI is InChI=1S/C20H28N2O/c1-20(2,23-3)19(14-21)22(15-17-10-6-4-7-11-17)16-18-12-8-5-9-13-18/h4-13,19H,14-16,21H2,1-3H3. The summed E-state index contributed by atoms with van der Waals surface area (Å²) in [7, 11) is 1.76. The predicted octanol–water partition coefficient (Wildman–Crippen LogP) is 3.44. The summed E-state index contributed by atoms with van der Waals surface area (Å²) in [5.41, 5.74) is 8.39. The topological polar surface area (TPSA) is 38.5 Å². The van der Waals surface area contributed by atoms with Gasteiger partial charge in [0.1, 0.15) is 0 Å². The van der Waals surface area contributed by atoms with Crippen molar-refractivity contribution in [2.75, 3.05) is 13.7 Å². The summed E-state index contributed by atoms with van der Waals surface area (Å²) in [5.74, 6) is 0. The molecular formula is C20H28N2O. The summed E-state index contributed by atoms with van der Waals surface area (Å²) in [5, 5.41) is 0. The minimum Gasteiger partial charge on any atom is -0.377 e. The van der Waals surface area contributed by atoms with Gasteiger partial charge in [0.15, 0.2) is 0 Å². The van der Waals surface area contributed by atoms with E-state index in [9.17, 15) is 0 Å². The number of methoxy groups -OCH3 is 1. The molecule has 2 N–H and O–H groups in total. The highest BCUT2D eigenvalue weighted by atomic mass is 16.5. The molecule has 2 aromatic rings. The molecule has 0 aliphatic heterocycles. The first-order valence-electron chi connectivity index (χ1n) is 8.14. The van der Waals surface area contributed by atoms with Crippen LogP contribution in [0.1, 0.15) is 25.0 Å². The number of benzene rings is 2. The van der Waals surface area contributed by atoms with Crippen LogP contribution in [-0.4, -0.2) is 30.2 Å². The van der Waals surface area contributed by atoms with Crippen molar-refractivity contribution < 1.29 is 4.74 Å². The van der Waals surface area contributed by atoms with Crippen LogP contribution in [0, 0.1) is 0 Å². The van der Waals surface area contributed by atoms with Gasteiger partial charge in [0.25, 0.3) is 0 Å². The lowest BCUT2D eigenvalue weighted by molar-refractivity contribution is -0.0552. The zero-order valence-corrected chi connectivity index (χ0v) is 14.4. The molecule has 0 fully saturated rings. The zero-order chi connectivity index (χ0) is 16.7. The van der Waals surface area contributed by atoms with E-state index in [0.29, 0.717) is 6.54 Å². The molecule has 0 saturated heterocycles. The Morgan fingerprint density at radius 1 is 0.913 bits per heavy atom. The van der Waals surface area contributed by atoms with Gasteiger partial charge in [-0.15, -0.1) is 0 Å². The van der Waals surface area contributed by atoms with Crippen molar-refractivity contribution in [1.29, 1.82) is 0 Å². The fourth-order valence-electron chi connectivity index (χ4n) is 2.92. The second kappa shape index (κ2) is 8.25. The van der Waals surface area contributed by atoms with Crippen LogP contribution in [0.2, 0.25) is 0 Å². The molecule has 0 heterocycles. The first-order chi connectivity index (χ1) is 11.1. The molecule has 23 heavy (non-hydrogen) atoms. The molecule has 0 aromatic heterocycles. The molecule has 2 rings (SSSR count). The van der Waals surface area contributed by atoms with Gasteiger partial charge in [0.2, 0.25) is 0 Å². The Labute approximate surface area is 140 Å². The molecule has 3 nitrogen and oxygen atoms in total. The van der Waals surface area contributed by atoms with Crippen LogP contribution < -0.4 is 5.73 Å². The van der Waals surface area contributed by atoms with Crippen LogP contribution in [0.4, 0.5) is 0 Å². The summed E-state index contributed by atoms with van der Waals surface area (Å²) < 4.78 is 5.73. The summed E-state index contributed by atoms with van der Waals surface area (Å²) in [4.78, 5) is 2.41. The van der Waals surface area contributed by atoms with Crippen LogP contribution in [0.3, 0.4) is 0 Å². The monoisotopic (exact) mass is 312 g/mol. The summed E-state index contributed by atoms with van der Waals surface area (Å²) in [6.07, 6.45) is 0. The molecule has 0 amide bonds. The number of rotatable bonds is 8. The van der Waals surface area contributed by atoms with E-state index >= 15 is 0 Å². The average Bonchev–Trinajstić information content (AvgIpc) is 2.57. The molecule has 1 unspecified atom stereocenters. The molecule has 2 aromatic carbocycles. The van der Waals surface area contributed by atoms with Gasteiger partial charge < -0.3 is 10.5 Å². The van der Waals surface area contributed by atoms with Crippen molar-refractivity contribution >= 4 is 0 Å². The molecule has 0 aliphatic rings. The molecule has 124 valence electrons. The molecule has 0 bridgehead atoms. The molecular weight excluding hydrogens is 284 g/mol. The third-order valence-electron chi connectivity index (χ3n) is 4.45. The number of ether oxygens (including phenoxy) is 1. The minimum absolute atomic E-state index is 0.132. The number of hydrogen-bond acceptors (Lipinski definition) is 3. The second-order valence-corrected chi connectivity index (χ2v) is 6.44. The van der Waals surface area contributed by atoms with Crippen molar-refractivity contribution in [2.24, 2.45) is 5.73 Å². The highest BCUT2D eigenvalue weighted by Crippen LogP contribution is 2.23. The quantitative estimate of drug-likeness (QED) is 0.811. The van der Waals surface area contributed by atoms with E-state index in [-0.39, 0.29) is 11.6 Å². The van der Waals surface area contributed by atoms with Gasteiger partial charge in [0, 0.05) is 26.7 Å². The van der Waals surface area contributed by atoms with E-state index in [0.717, 1.165) is 13.1 Å². The maximum atomic E-state index is 6.12. The Kier molecular flexibility index (Phi) is 6.34. The molecule has 3 heteroatoms. The summed E-state index contributed by atoms with van der Waals surface area (Å²) >= 11 is 0. The van der Waals surface area contributed by atoms with E-state index < -0.39 is 0 Å². The number of nitrogens with two attached hydrogens (primary N) is 1. The Morgan fingerprint density at radius 2 is 1.35 bits per heavy atom. The highest BCUT2D eigenvalue weighted by Gasteiger charge is 2.33. The molecule has 0 radical (unpaired) electrons. The lowest BCUT2D eigenvalue weighted by atomic mass is 9.95. The smallest absolute Gasteiger partial charge is 0.0789 e. The van der Waals surface area contributed by atoms with Crippen LogP contribution >= 0.6 is 0 Å². The number of hydrogen-bond donors (Lipinski definition) is 1. The van der Waals surface area contributed by atoms with Crippen LogP contribution in [-0.2, 0) is 17.8 Å². The van der Waals surface area contributed by atoms with Crippen molar-refractivity contribution in [2.45, 2.75) is 38.6 Å². The fraction of sp³-hybridized carbons (Fsp3) is 0.400. The van der Waals surface area contributed by atoms with Gasteiger partial charge >= 0.3 is 0 Å². The van der Waals surface area contributed by atoms with Gasteiger partial charge in [-0.2, -0.15) is 0 Å². The fourth-order valence-corrected chi connectivity index (χ4v) is 2.92. The summed E-state index contributed by atoms with van der Waals surface area (Å²) in [6.45, 7) is 6.47. The van der Waals surface area contributed by atoms with E-state index in [4.69, 9.17) is 10.5 Å². The first-order valence-corrected chi connectivity index (χ1v) is 8.14. The predicted molar refractivity (Wildman–Crippen MR) is 96.1 cm³/mol. The van der Waals surface area contributed by atoms with Crippen molar-refractivity contribution in [3.8, 4) is 0 Å². The Balaban J connectivity index is 2.26. The lowest BCUT2D eigenvalue weighted by Gasteiger charge is -2.41. The van der Waals surface area contributed by atoms with Crippen LogP contribution in [0.25, 0.3) is 0 Å². The molecule has 1 atom stereocenters. The maximum absolute atomic E-state index is 6.12. The van der Waals surface area contributed by atoms with Crippen LogP contribution in [0.5, 0.6) is 0 Å². The van der Waals surface area contributed by atoms with E-state index in [1.54, 1.807) is 7.11 Å². The average molecular weight is 312 g/mol. The third kappa shape index (κ3) is 4.90. The first kappa shape index (κ1) is 17.7. The normalized spacial score (nSPS) is 13.3. The van der Waals surface area contributed by atoms with E-state index in [1.165, 1.54) is 11.1 Å².